The summed E-state index contributed by atoms with van der Waals surface area (Å²) < 4.78 is 10.8. The van der Waals surface area contributed by atoms with E-state index in [2.05, 4.69) is 15.3 Å². The van der Waals surface area contributed by atoms with E-state index in [-0.39, 0.29) is 11.4 Å². The molecule has 1 aromatic carbocycles. The summed E-state index contributed by atoms with van der Waals surface area (Å²) in [7, 11) is 1.62. The van der Waals surface area contributed by atoms with Gasteiger partial charge in [-0.1, -0.05) is 17.8 Å². The van der Waals surface area contributed by atoms with Crippen LogP contribution < -0.4 is 15.8 Å². The summed E-state index contributed by atoms with van der Waals surface area (Å²) in [6, 6.07) is 9.13. The quantitative estimate of drug-likeness (QED) is 0.840. The van der Waals surface area contributed by atoms with Crippen LogP contribution in [0.4, 0.5) is 5.69 Å². The molecule has 0 saturated heterocycles. The van der Waals surface area contributed by atoms with Crippen molar-refractivity contribution >= 4 is 28.5 Å². The molecule has 8 heteroatoms. The van der Waals surface area contributed by atoms with Gasteiger partial charge < -0.3 is 20.5 Å². The van der Waals surface area contributed by atoms with Gasteiger partial charge >= 0.3 is 0 Å². The van der Waals surface area contributed by atoms with Gasteiger partial charge in [0.15, 0.2) is 5.17 Å². The second-order valence-corrected chi connectivity index (χ2v) is 7.51. The second-order valence-electron chi connectivity index (χ2n) is 6.52. The number of ether oxygens (including phenoxy) is 2. The van der Waals surface area contributed by atoms with Crippen LogP contribution in [-0.2, 0) is 16.9 Å². The topological polar surface area (TPSA) is 98.8 Å². The number of nitrogens with zero attached hydrogens (tertiary/aromatic N) is 2. The Morgan fingerprint density at radius 2 is 2.30 bits per heavy atom. The standard InChI is InChI=1S/C19H20N4O3S/c1-25-10-12-2-4-15(21-9-12)17(24)22-13-3-5-16-14(8-13)19(6-7-26-16)11-27-18(20)23-19/h2-5,8-9H,6-7,10-11H2,1H3,(H2,20,23)(H,22,24). The van der Waals surface area contributed by atoms with E-state index < -0.39 is 0 Å². The predicted molar refractivity (Wildman–Crippen MR) is 105 cm³/mol. The molecule has 0 fully saturated rings. The van der Waals surface area contributed by atoms with Gasteiger partial charge in [-0.05, 0) is 29.8 Å². The summed E-state index contributed by atoms with van der Waals surface area (Å²) in [6.07, 6.45) is 2.41. The smallest absolute Gasteiger partial charge is 0.274 e. The van der Waals surface area contributed by atoms with Gasteiger partial charge in [0.2, 0.25) is 0 Å². The fourth-order valence-electron chi connectivity index (χ4n) is 3.30. The molecule has 1 atom stereocenters. The summed E-state index contributed by atoms with van der Waals surface area (Å²) >= 11 is 1.55. The van der Waals surface area contributed by atoms with Crippen LogP contribution in [0, 0.1) is 0 Å². The first-order valence-corrected chi connectivity index (χ1v) is 9.59. The zero-order chi connectivity index (χ0) is 18.9. The van der Waals surface area contributed by atoms with E-state index in [4.69, 9.17) is 15.2 Å². The molecular weight excluding hydrogens is 364 g/mol. The minimum atomic E-state index is -0.372. The lowest BCUT2D eigenvalue weighted by molar-refractivity contribution is 0.102. The molecule has 0 bridgehead atoms. The minimum Gasteiger partial charge on any atom is -0.493 e. The van der Waals surface area contributed by atoms with E-state index >= 15 is 0 Å². The number of amidine groups is 1. The number of nitrogens with two attached hydrogens (primary N) is 1. The van der Waals surface area contributed by atoms with Gasteiger partial charge in [-0.2, -0.15) is 0 Å². The average molecular weight is 384 g/mol. The molecule has 2 aliphatic rings. The van der Waals surface area contributed by atoms with Crippen LogP contribution in [0.3, 0.4) is 0 Å². The van der Waals surface area contributed by atoms with Crippen molar-refractivity contribution in [2.75, 3.05) is 24.8 Å². The van der Waals surface area contributed by atoms with Crippen molar-refractivity contribution in [2.45, 2.75) is 18.6 Å². The summed E-state index contributed by atoms with van der Waals surface area (Å²) in [4.78, 5) is 21.4. The molecule has 1 spiro atoms. The Bertz CT molecular complexity index is 900. The molecule has 1 unspecified atom stereocenters. The summed E-state index contributed by atoms with van der Waals surface area (Å²) in [5.74, 6) is 1.31. The zero-order valence-electron chi connectivity index (χ0n) is 14.9. The predicted octanol–water partition coefficient (Wildman–Crippen LogP) is 2.52. The number of hydrogen-bond donors (Lipinski definition) is 2. The number of carbonyl (C=O) groups excluding carboxylic acids is 1. The summed E-state index contributed by atoms with van der Waals surface area (Å²) in [5.41, 5.74) is 8.44. The second kappa shape index (κ2) is 7.21. The maximum Gasteiger partial charge on any atom is 0.274 e. The third-order valence-electron chi connectivity index (χ3n) is 4.66. The maximum absolute atomic E-state index is 12.5. The summed E-state index contributed by atoms with van der Waals surface area (Å²) in [6.45, 7) is 1.07. The van der Waals surface area contributed by atoms with Crippen LogP contribution in [0.5, 0.6) is 5.75 Å². The number of methoxy groups -OCH3 is 1. The first-order chi connectivity index (χ1) is 13.1. The first kappa shape index (κ1) is 17.8. The Morgan fingerprint density at radius 1 is 1.41 bits per heavy atom. The van der Waals surface area contributed by atoms with Crippen LogP contribution in [0.25, 0.3) is 0 Å². The largest absolute Gasteiger partial charge is 0.493 e. The van der Waals surface area contributed by atoms with Gasteiger partial charge in [-0.25, -0.2) is 0 Å². The monoisotopic (exact) mass is 384 g/mol. The third-order valence-corrected chi connectivity index (χ3v) is 5.67. The number of aromatic nitrogens is 1. The Hall–Kier alpha value is -2.58. The highest BCUT2D eigenvalue weighted by Gasteiger charge is 2.41. The van der Waals surface area contributed by atoms with E-state index in [1.165, 1.54) is 0 Å². The number of benzene rings is 1. The van der Waals surface area contributed by atoms with E-state index in [1.54, 1.807) is 31.1 Å². The van der Waals surface area contributed by atoms with E-state index in [1.807, 2.05) is 24.3 Å². The molecule has 0 saturated carbocycles. The molecule has 140 valence electrons. The normalized spacial score (nSPS) is 20.7. The molecule has 2 aliphatic heterocycles. The number of aliphatic imine (C=N–C) groups is 1. The molecule has 1 aromatic heterocycles. The lowest BCUT2D eigenvalue weighted by Gasteiger charge is -2.32. The van der Waals surface area contributed by atoms with Gasteiger partial charge in [0, 0.05) is 36.7 Å². The van der Waals surface area contributed by atoms with Crippen molar-refractivity contribution in [1.29, 1.82) is 0 Å². The SMILES string of the molecule is COCc1ccc(C(=O)Nc2ccc3c(c2)C2(CCO3)CSC(N)=N2)nc1. The average Bonchev–Trinajstić information content (AvgIpc) is 3.04. The molecule has 0 aliphatic carbocycles. The number of nitrogens with one attached hydrogen (secondary N) is 1. The van der Waals surface area contributed by atoms with Gasteiger partial charge in [-0.3, -0.25) is 14.8 Å². The molecule has 3 heterocycles. The van der Waals surface area contributed by atoms with E-state index in [0.29, 0.717) is 29.8 Å². The van der Waals surface area contributed by atoms with Gasteiger partial charge in [0.1, 0.15) is 17.0 Å². The number of carbonyl (C=O) groups is 1. The van der Waals surface area contributed by atoms with Crippen molar-refractivity contribution < 1.29 is 14.3 Å². The molecule has 1 amide bonds. The zero-order valence-corrected chi connectivity index (χ0v) is 15.7. The Balaban J connectivity index is 1.57. The lowest BCUT2D eigenvalue weighted by atomic mass is 9.86. The van der Waals surface area contributed by atoms with Crippen LogP contribution in [-0.4, -0.2) is 35.5 Å². The molecule has 4 rings (SSSR count). The first-order valence-electron chi connectivity index (χ1n) is 8.60. The highest BCUT2D eigenvalue weighted by molar-refractivity contribution is 8.14. The van der Waals surface area contributed by atoms with Crippen LogP contribution in [0.1, 0.15) is 28.0 Å². The number of anilines is 1. The third kappa shape index (κ3) is 3.50. The number of thioether (sulfide) groups is 1. The Kier molecular flexibility index (Phi) is 4.75. The Labute approximate surface area is 161 Å². The molecule has 7 nitrogen and oxygen atoms in total. The molecular formula is C19H20N4O3S. The van der Waals surface area contributed by atoms with Crippen molar-refractivity contribution in [1.82, 2.24) is 4.98 Å². The van der Waals surface area contributed by atoms with Crippen molar-refractivity contribution in [2.24, 2.45) is 10.7 Å². The maximum atomic E-state index is 12.5. The van der Waals surface area contributed by atoms with Crippen LogP contribution in [0.15, 0.2) is 41.5 Å². The van der Waals surface area contributed by atoms with Crippen LogP contribution in [0.2, 0.25) is 0 Å². The fourth-order valence-corrected chi connectivity index (χ4v) is 4.29. The number of amides is 1. The number of rotatable bonds is 4. The van der Waals surface area contributed by atoms with Gasteiger partial charge in [-0.15, -0.1) is 0 Å². The van der Waals surface area contributed by atoms with Crippen LogP contribution >= 0.6 is 11.8 Å². The number of fused-ring (bicyclic) bond motifs is 2. The van der Waals surface area contributed by atoms with E-state index in [0.717, 1.165) is 29.1 Å². The van der Waals surface area contributed by atoms with Gasteiger partial charge in [0.25, 0.3) is 5.91 Å². The minimum absolute atomic E-state index is 0.270. The molecule has 3 N–H and O–H groups in total. The fraction of sp³-hybridized carbons (Fsp3) is 0.316. The van der Waals surface area contributed by atoms with Crippen molar-refractivity contribution in [3.63, 3.8) is 0 Å². The summed E-state index contributed by atoms with van der Waals surface area (Å²) in [5, 5.41) is 3.50. The van der Waals surface area contributed by atoms with Gasteiger partial charge in [0.05, 0.1) is 13.2 Å². The number of hydrogen-bond acceptors (Lipinski definition) is 7. The van der Waals surface area contributed by atoms with Crippen molar-refractivity contribution in [3.8, 4) is 5.75 Å². The molecule has 0 radical (unpaired) electrons. The Morgan fingerprint density at radius 3 is 3.00 bits per heavy atom. The highest BCUT2D eigenvalue weighted by atomic mass is 32.2. The lowest BCUT2D eigenvalue weighted by Crippen LogP contribution is -2.32. The highest BCUT2D eigenvalue weighted by Crippen LogP contribution is 2.46. The molecule has 2 aromatic rings. The van der Waals surface area contributed by atoms with E-state index in [9.17, 15) is 4.79 Å². The number of pyridine rings is 1. The van der Waals surface area contributed by atoms with Crippen molar-refractivity contribution in [3.05, 3.63) is 53.3 Å². The molecule has 27 heavy (non-hydrogen) atoms.